The molecule has 0 saturated carbocycles. The molecule has 0 aromatic rings. The first kappa shape index (κ1) is 13.5. The van der Waals surface area contributed by atoms with Gasteiger partial charge in [0.2, 0.25) is 0 Å². The molecule has 0 fully saturated rings. The minimum Gasteiger partial charge on any atom is -0.396 e. The van der Waals surface area contributed by atoms with Gasteiger partial charge in [-0.3, -0.25) is 0 Å². The zero-order chi connectivity index (χ0) is 10.6. The van der Waals surface area contributed by atoms with E-state index in [9.17, 15) is 5.11 Å². The SMILES string of the molecule is CCCCCC#CCC(O)CCCO. The molecule has 2 nitrogen and oxygen atoms in total. The third-order valence-corrected chi connectivity index (χ3v) is 2.06. The van der Waals surface area contributed by atoms with Gasteiger partial charge in [0.1, 0.15) is 0 Å². The molecule has 0 amide bonds. The van der Waals surface area contributed by atoms with Gasteiger partial charge >= 0.3 is 0 Å². The highest BCUT2D eigenvalue weighted by molar-refractivity contribution is 4.99. The van der Waals surface area contributed by atoms with E-state index in [-0.39, 0.29) is 12.7 Å². The third-order valence-electron chi connectivity index (χ3n) is 2.06. The van der Waals surface area contributed by atoms with Crippen molar-refractivity contribution in [2.45, 2.75) is 58.0 Å². The Bertz CT molecular complexity index is 167. The van der Waals surface area contributed by atoms with Gasteiger partial charge < -0.3 is 10.2 Å². The van der Waals surface area contributed by atoms with Crippen LogP contribution in [0, 0.1) is 11.8 Å². The lowest BCUT2D eigenvalue weighted by Crippen LogP contribution is -2.05. The molecule has 0 saturated heterocycles. The molecule has 0 aliphatic carbocycles. The first-order valence-corrected chi connectivity index (χ1v) is 5.56. The summed E-state index contributed by atoms with van der Waals surface area (Å²) in [6, 6.07) is 0. The molecule has 1 atom stereocenters. The molecule has 2 heteroatoms. The normalized spacial score (nSPS) is 11.9. The summed E-state index contributed by atoms with van der Waals surface area (Å²) in [6.45, 7) is 2.33. The molecule has 0 bridgehead atoms. The van der Waals surface area contributed by atoms with Crippen molar-refractivity contribution < 1.29 is 10.2 Å². The van der Waals surface area contributed by atoms with E-state index in [1.165, 1.54) is 12.8 Å². The zero-order valence-corrected chi connectivity index (χ0v) is 9.13. The number of hydrogen-bond donors (Lipinski definition) is 2. The highest BCUT2D eigenvalue weighted by Crippen LogP contribution is 2.01. The van der Waals surface area contributed by atoms with Gasteiger partial charge in [-0.05, 0) is 19.3 Å². The van der Waals surface area contributed by atoms with E-state index in [2.05, 4.69) is 18.8 Å². The second-order valence-electron chi connectivity index (χ2n) is 3.53. The average molecular weight is 198 g/mol. The van der Waals surface area contributed by atoms with E-state index in [0.29, 0.717) is 19.3 Å². The lowest BCUT2D eigenvalue weighted by atomic mass is 10.1. The molecule has 0 heterocycles. The predicted molar refractivity (Wildman–Crippen MR) is 58.9 cm³/mol. The Morgan fingerprint density at radius 3 is 2.57 bits per heavy atom. The fraction of sp³-hybridized carbons (Fsp3) is 0.833. The van der Waals surface area contributed by atoms with Gasteiger partial charge in [0, 0.05) is 19.4 Å². The molecule has 1 unspecified atom stereocenters. The number of unbranched alkanes of at least 4 members (excludes halogenated alkanes) is 3. The van der Waals surface area contributed by atoms with E-state index in [4.69, 9.17) is 5.11 Å². The Morgan fingerprint density at radius 2 is 1.93 bits per heavy atom. The average Bonchev–Trinajstić information content (AvgIpc) is 2.20. The monoisotopic (exact) mass is 198 g/mol. The number of aliphatic hydroxyl groups is 2. The topological polar surface area (TPSA) is 40.5 Å². The van der Waals surface area contributed by atoms with E-state index in [1.807, 2.05) is 0 Å². The summed E-state index contributed by atoms with van der Waals surface area (Å²) >= 11 is 0. The molecule has 0 aliphatic rings. The maximum Gasteiger partial charge on any atom is 0.0650 e. The summed E-state index contributed by atoms with van der Waals surface area (Å²) < 4.78 is 0. The lowest BCUT2D eigenvalue weighted by Gasteiger charge is -2.03. The van der Waals surface area contributed by atoms with Crippen LogP contribution in [-0.2, 0) is 0 Å². The van der Waals surface area contributed by atoms with Crippen LogP contribution in [0.15, 0.2) is 0 Å². The zero-order valence-electron chi connectivity index (χ0n) is 9.13. The van der Waals surface area contributed by atoms with E-state index < -0.39 is 0 Å². The van der Waals surface area contributed by atoms with Crippen LogP contribution in [0.3, 0.4) is 0 Å². The fourth-order valence-corrected chi connectivity index (χ4v) is 1.17. The van der Waals surface area contributed by atoms with E-state index >= 15 is 0 Å². The molecule has 0 rings (SSSR count). The molecule has 0 spiro atoms. The van der Waals surface area contributed by atoms with Crippen LogP contribution < -0.4 is 0 Å². The van der Waals surface area contributed by atoms with Crippen molar-refractivity contribution in [3.05, 3.63) is 0 Å². The standard InChI is InChI=1S/C12H22O2/c1-2-3-4-5-6-7-9-12(14)10-8-11-13/h12-14H,2-5,8-11H2,1H3. The van der Waals surface area contributed by atoms with Crippen LogP contribution in [0.25, 0.3) is 0 Å². The van der Waals surface area contributed by atoms with Gasteiger partial charge in [-0.15, -0.1) is 11.8 Å². The van der Waals surface area contributed by atoms with Gasteiger partial charge in [-0.25, -0.2) is 0 Å². The Labute approximate surface area is 87.3 Å². The molecule has 0 aromatic heterocycles. The third kappa shape index (κ3) is 9.57. The van der Waals surface area contributed by atoms with Crippen LogP contribution in [0.1, 0.15) is 51.9 Å². The van der Waals surface area contributed by atoms with Crippen LogP contribution in [0.5, 0.6) is 0 Å². The summed E-state index contributed by atoms with van der Waals surface area (Å²) in [6.07, 6.45) is 6.07. The van der Waals surface area contributed by atoms with E-state index in [1.54, 1.807) is 0 Å². The minimum atomic E-state index is -0.360. The first-order chi connectivity index (χ1) is 6.81. The second-order valence-corrected chi connectivity index (χ2v) is 3.53. The summed E-state index contributed by atoms with van der Waals surface area (Å²) in [5.74, 6) is 6.03. The molecule has 2 N–H and O–H groups in total. The van der Waals surface area contributed by atoms with Crippen LogP contribution in [-0.4, -0.2) is 22.9 Å². The number of aliphatic hydroxyl groups excluding tert-OH is 2. The number of hydrogen-bond acceptors (Lipinski definition) is 2. The van der Waals surface area contributed by atoms with E-state index in [0.717, 1.165) is 12.8 Å². The first-order valence-electron chi connectivity index (χ1n) is 5.56. The highest BCUT2D eigenvalue weighted by Gasteiger charge is 1.99. The van der Waals surface area contributed by atoms with Crippen molar-refractivity contribution in [1.82, 2.24) is 0 Å². The maximum atomic E-state index is 9.37. The molecule has 0 aromatic carbocycles. The quantitative estimate of drug-likeness (QED) is 0.486. The molecule has 82 valence electrons. The molecule has 0 aliphatic heterocycles. The summed E-state index contributed by atoms with van der Waals surface area (Å²) in [5, 5.41) is 17.9. The van der Waals surface area contributed by atoms with Crippen molar-refractivity contribution in [1.29, 1.82) is 0 Å². The second kappa shape index (κ2) is 10.6. The maximum absolute atomic E-state index is 9.37. The van der Waals surface area contributed by atoms with Crippen molar-refractivity contribution in [3.8, 4) is 11.8 Å². The van der Waals surface area contributed by atoms with Gasteiger partial charge in [0.05, 0.1) is 6.10 Å². The molecular weight excluding hydrogens is 176 g/mol. The lowest BCUT2D eigenvalue weighted by molar-refractivity contribution is 0.154. The van der Waals surface area contributed by atoms with Crippen LogP contribution in [0.4, 0.5) is 0 Å². The molecule has 14 heavy (non-hydrogen) atoms. The van der Waals surface area contributed by atoms with Crippen LogP contribution in [0.2, 0.25) is 0 Å². The van der Waals surface area contributed by atoms with Crippen molar-refractivity contribution in [2.24, 2.45) is 0 Å². The highest BCUT2D eigenvalue weighted by atomic mass is 16.3. The van der Waals surface area contributed by atoms with Crippen molar-refractivity contribution >= 4 is 0 Å². The summed E-state index contributed by atoms with van der Waals surface area (Å²) in [4.78, 5) is 0. The Kier molecular flexibility index (Phi) is 10.2. The van der Waals surface area contributed by atoms with Crippen molar-refractivity contribution in [2.75, 3.05) is 6.61 Å². The summed E-state index contributed by atoms with van der Waals surface area (Å²) in [7, 11) is 0. The Morgan fingerprint density at radius 1 is 1.14 bits per heavy atom. The van der Waals surface area contributed by atoms with Gasteiger partial charge in [-0.2, -0.15) is 0 Å². The Balaban J connectivity index is 3.30. The smallest absolute Gasteiger partial charge is 0.0650 e. The van der Waals surface area contributed by atoms with Gasteiger partial charge in [0.15, 0.2) is 0 Å². The van der Waals surface area contributed by atoms with Crippen molar-refractivity contribution in [3.63, 3.8) is 0 Å². The predicted octanol–water partition coefficient (Wildman–Crippen LogP) is 2.09. The van der Waals surface area contributed by atoms with Gasteiger partial charge in [-0.1, -0.05) is 19.8 Å². The molecular formula is C12H22O2. The Hall–Kier alpha value is -0.520. The molecule has 0 radical (unpaired) electrons. The fourth-order valence-electron chi connectivity index (χ4n) is 1.17. The van der Waals surface area contributed by atoms with Crippen LogP contribution >= 0.6 is 0 Å². The summed E-state index contributed by atoms with van der Waals surface area (Å²) in [5.41, 5.74) is 0. The van der Waals surface area contributed by atoms with Gasteiger partial charge in [0.25, 0.3) is 0 Å². The number of rotatable bonds is 7. The minimum absolute atomic E-state index is 0.154. The largest absolute Gasteiger partial charge is 0.396 e.